The molecule has 1 N–H and O–H groups in total. The molecule has 21 heavy (non-hydrogen) atoms. The summed E-state index contributed by atoms with van der Waals surface area (Å²) >= 11 is 0. The van der Waals surface area contributed by atoms with Gasteiger partial charge < -0.3 is 9.84 Å². The van der Waals surface area contributed by atoms with Crippen LogP contribution in [0.2, 0.25) is 0 Å². The first-order valence-corrected chi connectivity index (χ1v) is 6.99. The molecule has 0 bridgehead atoms. The summed E-state index contributed by atoms with van der Waals surface area (Å²) in [5.41, 5.74) is 2.90. The number of hydrogen-bond acceptors (Lipinski definition) is 3. The predicted octanol–water partition coefficient (Wildman–Crippen LogP) is 2.49. The summed E-state index contributed by atoms with van der Waals surface area (Å²) in [6, 6.07) is 15.6. The smallest absolute Gasteiger partial charge is 0.229 e. The molecule has 1 aliphatic heterocycles. The molecule has 1 amide bonds. The van der Waals surface area contributed by atoms with Gasteiger partial charge in [0.1, 0.15) is 19.1 Å². The number of carbonyl (C=O) groups excluding carboxylic acids is 1. The van der Waals surface area contributed by atoms with Crippen LogP contribution < -0.4 is 9.64 Å². The van der Waals surface area contributed by atoms with Crippen LogP contribution in [0.5, 0.6) is 5.75 Å². The Kier molecular flexibility index (Phi) is 3.88. The van der Waals surface area contributed by atoms with Gasteiger partial charge in [0.25, 0.3) is 0 Å². The van der Waals surface area contributed by atoms with Gasteiger partial charge >= 0.3 is 0 Å². The molecule has 4 nitrogen and oxygen atoms in total. The van der Waals surface area contributed by atoms with Crippen LogP contribution in [0.15, 0.2) is 48.5 Å². The highest BCUT2D eigenvalue weighted by molar-refractivity contribution is 5.96. The molecule has 2 aromatic rings. The summed E-state index contributed by atoms with van der Waals surface area (Å²) in [6.07, 6.45) is 1.15. The van der Waals surface area contributed by atoms with Crippen molar-refractivity contribution >= 4 is 11.6 Å². The number of fused-ring (bicyclic) bond motifs is 1. The quantitative estimate of drug-likeness (QED) is 0.938. The molecule has 0 saturated carbocycles. The Morgan fingerprint density at radius 1 is 1.10 bits per heavy atom. The van der Waals surface area contributed by atoms with Gasteiger partial charge in [-0.2, -0.15) is 0 Å². The molecule has 0 aliphatic carbocycles. The minimum Gasteiger partial charge on any atom is -0.489 e. The Balaban J connectivity index is 1.79. The Morgan fingerprint density at radius 2 is 1.90 bits per heavy atom. The topological polar surface area (TPSA) is 49.8 Å². The third-order valence-corrected chi connectivity index (χ3v) is 3.65. The zero-order valence-corrected chi connectivity index (χ0v) is 11.7. The van der Waals surface area contributed by atoms with Gasteiger partial charge in [-0.3, -0.25) is 9.69 Å². The van der Waals surface area contributed by atoms with Crippen molar-refractivity contribution in [3.8, 4) is 5.75 Å². The summed E-state index contributed by atoms with van der Waals surface area (Å²) in [6.45, 7) is 0.181. The number of benzene rings is 2. The third-order valence-electron chi connectivity index (χ3n) is 3.65. The van der Waals surface area contributed by atoms with Crippen molar-refractivity contribution in [1.29, 1.82) is 0 Å². The molecular weight excluding hydrogens is 266 g/mol. The molecule has 0 atom stereocenters. The molecule has 0 radical (unpaired) electrons. The van der Waals surface area contributed by atoms with Crippen molar-refractivity contribution in [2.45, 2.75) is 19.4 Å². The van der Waals surface area contributed by atoms with E-state index in [1.807, 2.05) is 48.5 Å². The SMILES string of the molecule is O=C1CCc2ccc(OCc3ccccc3)cc2N1CO. The highest BCUT2D eigenvalue weighted by atomic mass is 16.5. The number of hydrogen-bond donors (Lipinski definition) is 1. The van der Waals surface area contributed by atoms with Gasteiger partial charge in [-0.15, -0.1) is 0 Å². The van der Waals surface area contributed by atoms with Gasteiger partial charge in [-0.05, 0) is 23.6 Å². The average Bonchev–Trinajstić information content (AvgIpc) is 2.53. The largest absolute Gasteiger partial charge is 0.489 e. The molecule has 108 valence electrons. The molecule has 0 saturated heterocycles. The van der Waals surface area contributed by atoms with Crippen LogP contribution in [-0.4, -0.2) is 17.7 Å². The van der Waals surface area contributed by atoms with E-state index in [2.05, 4.69) is 0 Å². The van der Waals surface area contributed by atoms with E-state index in [1.54, 1.807) is 0 Å². The summed E-state index contributed by atoms with van der Waals surface area (Å²) in [4.78, 5) is 13.2. The van der Waals surface area contributed by atoms with E-state index in [4.69, 9.17) is 4.74 Å². The maximum atomic E-state index is 11.8. The van der Waals surface area contributed by atoms with Crippen molar-refractivity contribution in [3.05, 3.63) is 59.7 Å². The van der Waals surface area contributed by atoms with Gasteiger partial charge in [0, 0.05) is 12.5 Å². The first-order chi connectivity index (χ1) is 10.3. The van der Waals surface area contributed by atoms with E-state index in [-0.39, 0.29) is 12.6 Å². The Morgan fingerprint density at radius 3 is 2.67 bits per heavy atom. The molecule has 0 spiro atoms. The number of aliphatic hydroxyl groups excluding tert-OH is 1. The van der Waals surface area contributed by atoms with Crippen molar-refractivity contribution in [1.82, 2.24) is 0 Å². The lowest BCUT2D eigenvalue weighted by atomic mass is 10.0. The fraction of sp³-hybridized carbons (Fsp3) is 0.235. The van der Waals surface area contributed by atoms with Gasteiger partial charge in [-0.25, -0.2) is 0 Å². The van der Waals surface area contributed by atoms with Crippen LogP contribution in [-0.2, 0) is 17.8 Å². The summed E-state index contributed by atoms with van der Waals surface area (Å²) in [5, 5.41) is 9.37. The van der Waals surface area contributed by atoms with E-state index in [0.29, 0.717) is 25.2 Å². The number of nitrogens with zero attached hydrogens (tertiary/aromatic N) is 1. The minimum atomic E-state index is -0.298. The highest BCUT2D eigenvalue weighted by Crippen LogP contribution is 2.31. The fourth-order valence-corrected chi connectivity index (χ4v) is 2.50. The van der Waals surface area contributed by atoms with E-state index in [9.17, 15) is 9.90 Å². The lowest BCUT2D eigenvalue weighted by molar-refractivity contribution is -0.119. The first kappa shape index (κ1) is 13.6. The molecule has 1 heterocycles. The number of carbonyl (C=O) groups is 1. The zero-order valence-electron chi connectivity index (χ0n) is 11.7. The summed E-state index contributed by atoms with van der Waals surface area (Å²) < 4.78 is 5.77. The van der Waals surface area contributed by atoms with Gasteiger partial charge in [0.2, 0.25) is 5.91 Å². The van der Waals surface area contributed by atoms with Gasteiger partial charge in [-0.1, -0.05) is 36.4 Å². The second-order valence-electron chi connectivity index (χ2n) is 5.03. The second-order valence-corrected chi connectivity index (χ2v) is 5.03. The fourth-order valence-electron chi connectivity index (χ4n) is 2.50. The number of anilines is 1. The van der Waals surface area contributed by atoms with Crippen LogP contribution in [0.4, 0.5) is 5.69 Å². The first-order valence-electron chi connectivity index (χ1n) is 6.99. The summed E-state index contributed by atoms with van der Waals surface area (Å²) in [5.74, 6) is 0.649. The molecular formula is C17H17NO3. The van der Waals surface area contributed by atoms with Gasteiger partial charge in [0.15, 0.2) is 0 Å². The number of ether oxygens (including phenoxy) is 1. The molecule has 4 heteroatoms. The lowest BCUT2D eigenvalue weighted by Crippen LogP contribution is -2.35. The average molecular weight is 283 g/mol. The molecule has 2 aromatic carbocycles. The molecule has 0 unspecified atom stereocenters. The maximum Gasteiger partial charge on any atom is 0.229 e. The van der Waals surface area contributed by atoms with Crippen LogP contribution in [0.1, 0.15) is 17.5 Å². The number of aliphatic hydroxyl groups is 1. The molecule has 3 rings (SSSR count). The number of aryl methyl sites for hydroxylation is 1. The zero-order chi connectivity index (χ0) is 14.7. The molecule has 0 fully saturated rings. The van der Waals surface area contributed by atoms with Crippen LogP contribution in [0.3, 0.4) is 0 Å². The second kappa shape index (κ2) is 5.97. The standard InChI is InChI=1S/C17H17NO3/c19-12-18-16-10-15(8-6-14(16)7-9-17(18)20)21-11-13-4-2-1-3-5-13/h1-6,8,10,19H,7,9,11-12H2. The van der Waals surface area contributed by atoms with E-state index in [0.717, 1.165) is 16.8 Å². The molecule has 1 aliphatic rings. The monoisotopic (exact) mass is 283 g/mol. The maximum absolute atomic E-state index is 11.8. The third kappa shape index (κ3) is 2.90. The van der Waals surface area contributed by atoms with E-state index in [1.165, 1.54) is 4.90 Å². The Labute approximate surface area is 123 Å². The van der Waals surface area contributed by atoms with E-state index < -0.39 is 0 Å². The number of amides is 1. The van der Waals surface area contributed by atoms with E-state index >= 15 is 0 Å². The van der Waals surface area contributed by atoms with Crippen LogP contribution in [0.25, 0.3) is 0 Å². The highest BCUT2D eigenvalue weighted by Gasteiger charge is 2.23. The Bertz CT molecular complexity index is 640. The summed E-state index contributed by atoms with van der Waals surface area (Å²) in [7, 11) is 0. The minimum absolute atomic E-state index is 0.0507. The van der Waals surface area contributed by atoms with Gasteiger partial charge in [0.05, 0.1) is 5.69 Å². The van der Waals surface area contributed by atoms with Crippen LogP contribution in [0, 0.1) is 0 Å². The Hall–Kier alpha value is -2.33. The molecule has 0 aromatic heterocycles. The van der Waals surface area contributed by atoms with Crippen LogP contribution >= 0.6 is 0 Å². The predicted molar refractivity (Wildman–Crippen MR) is 80.1 cm³/mol. The van der Waals surface area contributed by atoms with Crippen molar-refractivity contribution < 1.29 is 14.6 Å². The normalized spacial score (nSPS) is 14.0. The van der Waals surface area contributed by atoms with Crippen molar-refractivity contribution in [3.63, 3.8) is 0 Å². The number of rotatable bonds is 4. The lowest BCUT2D eigenvalue weighted by Gasteiger charge is -2.27. The van der Waals surface area contributed by atoms with Crippen molar-refractivity contribution in [2.75, 3.05) is 11.6 Å². The van der Waals surface area contributed by atoms with Crippen molar-refractivity contribution in [2.24, 2.45) is 0 Å².